The molecule has 1 fully saturated rings. The van der Waals surface area contributed by atoms with Crippen molar-refractivity contribution in [2.75, 3.05) is 6.54 Å². The van der Waals surface area contributed by atoms with Gasteiger partial charge in [0.1, 0.15) is 0 Å². The molecule has 3 rings (SSSR count). The molecular formula is C14H18N4. The van der Waals surface area contributed by atoms with E-state index in [-0.39, 0.29) is 0 Å². The first-order valence-electron chi connectivity index (χ1n) is 6.51. The molecule has 1 aliphatic carbocycles. The van der Waals surface area contributed by atoms with Crippen LogP contribution in [0, 0.1) is 12.8 Å². The normalized spacial score (nSPS) is 14.9. The topological polar surface area (TPSA) is 42.7 Å². The van der Waals surface area contributed by atoms with E-state index in [9.17, 15) is 0 Å². The fourth-order valence-corrected chi connectivity index (χ4v) is 2.04. The van der Waals surface area contributed by atoms with Crippen molar-refractivity contribution in [3.05, 3.63) is 41.7 Å². The van der Waals surface area contributed by atoms with Crippen LogP contribution in [0.1, 0.15) is 24.1 Å². The first kappa shape index (κ1) is 11.4. The first-order chi connectivity index (χ1) is 8.83. The predicted octanol–water partition coefficient (Wildman–Crippen LogP) is 2.08. The summed E-state index contributed by atoms with van der Waals surface area (Å²) in [5, 5.41) is 11.8. The third-order valence-corrected chi connectivity index (χ3v) is 3.34. The van der Waals surface area contributed by atoms with Gasteiger partial charge in [0.2, 0.25) is 0 Å². The molecule has 0 radical (unpaired) electrons. The molecule has 0 amide bonds. The Morgan fingerprint density at radius 1 is 1.33 bits per heavy atom. The van der Waals surface area contributed by atoms with Gasteiger partial charge >= 0.3 is 0 Å². The van der Waals surface area contributed by atoms with Crippen molar-refractivity contribution in [3.63, 3.8) is 0 Å². The molecule has 1 heterocycles. The lowest BCUT2D eigenvalue weighted by Crippen LogP contribution is -2.16. The predicted molar refractivity (Wildman–Crippen MR) is 70.5 cm³/mol. The number of rotatable bonds is 5. The minimum Gasteiger partial charge on any atom is -0.311 e. The number of aromatic nitrogens is 3. The molecule has 0 spiro atoms. The van der Waals surface area contributed by atoms with Crippen LogP contribution in [0.25, 0.3) is 5.69 Å². The highest BCUT2D eigenvalue weighted by Gasteiger charge is 2.20. The Bertz CT molecular complexity index is 528. The van der Waals surface area contributed by atoms with Gasteiger partial charge in [0.15, 0.2) is 0 Å². The highest BCUT2D eigenvalue weighted by molar-refractivity contribution is 5.38. The summed E-state index contributed by atoms with van der Waals surface area (Å²) in [5.41, 5.74) is 3.30. The molecule has 1 aliphatic rings. The van der Waals surface area contributed by atoms with Gasteiger partial charge < -0.3 is 5.32 Å². The number of para-hydroxylation sites is 1. The van der Waals surface area contributed by atoms with E-state index < -0.39 is 0 Å². The maximum atomic E-state index is 4.20. The number of benzene rings is 1. The average Bonchev–Trinajstić information content (AvgIpc) is 3.08. The van der Waals surface area contributed by atoms with Crippen molar-refractivity contribution in [1.82, 2.24) is 20.3 Å². The van der Waals surface area contributed by atoms with E-state index in [1.54, 1.807) is 0 Å². The fourth-order valence-electron chi connectivity index (χ4n) is 2.04. The molecule has 1 aromatic carbocycles. The van der Waals surface area contributed by atoms with Gasteiger partial charge in [-0.3, -0.25) is 0 Å². The number of hydrogen-bond acceptors (Lipinski definition) is 3. The van der Waals surface area contributed by atoms with E-state index in [0.717, 1.165) is 30.4 Å². The van der Waals surface area contributed by atoms with Crippen molar-refractivity contribution in [3.8, 4) is 5.69 Å². The zero-order chi connectivity index (χ0) is 12.4. The molecule has 1 aromatic heterocycles. The van der Waals surface area contributed by atoms with Crippen molar-refractivity contribution in [1.29, 1.82) is 0 Å². The van der Waals surface area contributed by atoms with E-state index >= 15 is 0 Å². The third kappa shape index (κ3) is 2.59. The van der Waals surface area contributed by atoms with E-state index in [2.05, 4.69) is 34.7 Å². The van der Waals surface area contributed by atoms with Crippen LogP contribution in [-0.4, -0.2) is 21.5 Å². The van der Waals surface area contributed by atoms with E-state index in [1.807, 2.05) is 23.0 Å². The summed E-state index contributed by atoms with van der Waals surface area (Å²) in [6, 6.07) is 8.20. The summed E-state index contributed by atoms with van der Waals surface area (Å²) in [4.78, 5) is 0. The summed E-state index contributed by atoms with van der Waals surface area (Å²) < 4.78 is 1.85. The Hall–Kier alpha value is -1.68. The van der Waals surface area contributed by atoms with Gasteiger partial charge in [-0.05, 0) is 43.9 Å². The smallest absolute Gasteiger partial charge is 0.0969 e. The van der Waals surface area contributed by atoms with Crippen molar-refractivity contribution in [2.24, 2.45) is 5.92 Å². The average molecular weight is 242 g/mol. The van der Waals surface area contributed by atoms with Crippen LogP contribution in [-0.2, 0) is 6.54 Å². The largest absolute Gasteiger partial charge is 0.311 e. The molecule has 0 aliphatic heterocycles. The van der Waals surface area contributed by atoms with Gasteiger partial charge in [-0.2, -0.15) is 0 Å². The highest BCUT2D eigenvalue weighted by atomic mass is 15.4. The third-order valence-electron chi connectivity index (χ3n) is 3.34. The zero-order valence-electron chi connectivity index (χ0n) is 10.6. The molecule has 1 saturated carbocycles. The maximum absolute atomic E-state index is 4.20. The number of nitrogens with one attached hydrogen (secondary N) is 1. The van der Waals surface area contributed by atoms with Gasteiger partial charge in [-0.1, -0.05) is 23.4 Å². The molecule has 0 saturated heterocycles. The lowest BCUT2D eigenvalue weighted by Gasteiger charge is -2.03. The van der Waals surface area contributed by atoms with Gasteiger partial charge in [0, 0.05) is 6.54 Å². The van der Waals surface area contributed by atoms with Crippen LogP contribution in [0.3, 0.4) is 0 Å². The van der Waals surface area contributed by atoms with Crippen molar-refractivity contribution >= 4 is 0 Å². The monoisotopic (exact) mass is 242 g/mol. The molecule has 0 atom stereocenters. The molecule has 0 bridgehead atoms. The minimum atomic E-state index is 0.808. The van der Waals surface area contributed by atoms with E-state index in [4.69, 9.17) is 0 Å². The van der Waals surface area contributed by atoms with Crippen LogP contribution >= 0.6 is 0 Å². The van der Waals surface area contributed by atoms with Gasteiger partial charge in [0.25, 0.3) is 0 Å². The van der Waals surface area contributed by atoms with Crippen LogP contribution < -0.4 is 5.32 Å². The van der Waals surface area contributed by atoms with Crippen LogP contribution in [0.4, 0.5) is 0 Å². The Labute approximate surface area is 107 Å². The summed E-state index contributed by atoms with van der Waals surface area (Å²) >= 11 is 0. The summed E-state index contributed by atoms with van der Waals surface area (Å²) in [6.07, 6.45) is 4.76. The summed E-state index contributed by atoms with van der Waals surface area (Å²) in [6.45, 7) is 4.00. The van der Waals surface area contributed by atoms with Crippen molar-refractivity contribution < 1.29 is 0 Å². The minimum absolute atomic E-state index is 0.808. The molecule has 4 heteroatoms. The van der Waals surface area contributed by atoms with E-state index in [0.29, 0.717) is 0 Å². The second kappa shape index (κ2) is 4.90. The lowest BCUT2D eigenvalue weighted by atomic mass is 10.2. The van der Waals surface area contributed by atoms with Gasteiger partial charge in [0.05, 0.1) is 17.6 Å². The second-order valence-corrected chi connectivity index (χ2v) is 5.02. The SMILES string of the molecule is Cc1ccccc1-n1cc(CNCC2CC2)nn1. The standard InChI is InChI=1S/C14H18N4/c1-11-4-2-3-5-14(11)18-10-13(16-17-18)9-15-8-12-6-7-12/h2-5,10,12,15H,6-9H2,1H3. The van der Waals surface area contributed by atoms with Crippen molar-refractivity contribution in [2.45, 2.75) is 26.3 Å². The summed E-state index contributed by atoms with van der Waals surface area (Å²) in [7, 11) is 0. The quantitative estimate of drug-likeness (QED) is 0.873. The van der Waals surface area contributed by atoms with Crippen LogP contribution in [0.2, 0.25) is 0 Å². The molecule has 0 unspecified atom stereocenters. The maximum Gasteiger partial charge on any atom is 0.0969 e. The van der Waals surface area contributed by atoms with Gasteiger partial charge in [-0.25, -0.2) is 4.68 Å². The van der Waals surface area contributed by atoms with Crippen LogP contribution in [0.15, 0.2) is 30.5 Å². The van der Waals surface area contributed by atoms with Crippen LogP contribution in [0.5, 0.6) is 0 Å². The molecule has 94 valence electrons. The highest BCUT2D eigenvalue weighted by Crippen LogP contribution is 2.27. The summed E-state index contributed by atoms with van der Waals surface area (Å²) in [5.74, 6) is 0.899. The Morgan fingerprint density at radius 2 is 2.17 bits per heavy atom. The lowest BCUT2D eigenvalue weighted by molar-refractivity contribution is 0.628. The molecule has 18 heavy (non-hydrogen) atoms. The zero-order valence-corrected chi connectivity index (χ0v) is 10.6. The fraction of sp³-hybridized carbons (Fsp3) is 0.429. The van der Waals surface area contributed by atoms with Gasteiger partial charge in [-0.15, -0.1) is 5.10 Å². The molecular weight excluding hydrogens is 224 g/mol. The Morgan fingerprint density at radius 3 is 2.94 bits per heavy atom. The Kier molecular flexibility index (Phi) is 3.11. The molecule has 1 N–H and O–H groups in total. The van der Waals surface area contributed by atoms with E-state index in [1.165, 1.54) is 18.4 Å². The number of aryl methyl sites for hydroxylation is 1. The number of nitrogens with zero attached hydrogens (tertiary/aromatic N) is 3. The second-order valence-electron chi connectivity index (χ2n) is 5.02. The molecule has 4 nitrogen and oxygen atoms in total. The number of hydrogen-bond donors (Lipinski definition) is 1. The first-order valence-corrected chi connectivity index (χ1v) is 6.51. The molecule has 2 aromatic rings. The Balaban J connectivity index is 1.66.